The van der Waals surface area contributed by atoms with Gasteiger partial charge >= 0.3 is 12.5 Å². The molecule has 2 aromatic carbocycles. The molecule has 0 aliphatic heterocycles. The summed E-state index contributed by atoms with van der Waals surface area (Å²) < 4.78 is 80.1. The molecule has 3 aromatic rings. The van der Waals surface area contributed by atoms with Crippen molar-refractivity contribution in [1.82, 2.24) is 9.97 Å². The van der Waals surface area contributed by atoms with Gasteiger partial charge in [0.2, 0.25) is 0 Å². The molecule has 1 heterocycles. The molecule has 12 heteroatoms. The number of hydrogen-bond donors (Lipinski definition) is 2. The lowest BCUT2D eigenvalue weighted by atomic mass is 10.1. The summed E-state index contributed by atoms with van der Waals surface area (Å²) in [6, 6.07) is 9.32. The van der Waals surface area contributed by atoms with Crippen molar-refractivity contribution in [3.63, 3.8) is 0 Å². The van der Waals surface area contributed by atoms with Crippen LogP contribution in [0.15, 0.2) is 54.9 Å². The summed E-state index contributed by atoms with van der Waals surface area (Å²) in [7, 11) is 0. The topological polar surface area (TPSA) is 73.1 Å². The maximum Gasteiger partial charge on any atom is 0.573 e. The standard InChI is InChI=1S/C20H15ClF6N4O/c21-15-7-12(4-5-14(15)19(22,23)24)16-8-18(30-10-29-16)31-17(9-28)11-2-1-3-13(6-11)32-20(25,26)27/h1-8,10,17H,9,28H2,(H,29,30,31)/t17-/m0/s1. The molecule has 0 aliphatic rings. The van der Waals surface area contributed by atoms with Gasteiger partial charge in [-0.3, -0.25) is 0 Å². The van der Waals surface area contributed by atoms with Crippen LogP contribution in [0.3, 0.4) is 0 Å². The highest BCUT2D eigenvalue weighted by molar-refractivity contribution is 6.31. The molecule has 0 bridgehead atoms. The van der Waals surface area contributed by atoms with Gasteiger partial charge in [-0.15, -0.1) is 13.2 Å². The van der Waals surface area contributed by atoms with Crippen molar-refractivity contribution in [2.24, 2.45) is 5.73 Å². The van der Waals surface area contributed by atoms with Crippen molar-refractivity contribution >= 4 is 17.4 Å². The van der Waals surface area contributed by atoms with Crippen molar-refractivity contribution in [3.05, 3.63) is 71.0 Å². The van der Waals surface area contributed by atoms with Crippen LogP contribution in [0.2, 0.25) is 5.02 Å². The second-order valence-corrected chi connectivity index (χ2v) is 6.94. The average Bonchev–Trinajstić information content (AvgIpc) is 2.70. The highest BCUT2D eigenvalue weighted by Gasteiger charge is 2.33. The molecule has 32 heavy (non-hydrogen) atoms. The number of nitrogens with one attached hydrogen (secondary N) is 1. The van der Waals surface area contributed by atoms with Crippen LogP contribution in [0.4, 0.5) is 32.2 Å². The van der Waals surface area contributed by atoms with Crippen molar-refractivity contribution in [1.29, 1.82) is 0 Å². The second-order valence-electron chi connectivity index (χ2n) is 6.53. The van der Waals surface area contributed by atoms with E-state index in [0.717, 1.165) is 18.2 Å². The lowest BCUT2D eigenvalue weighted by Gasteiger charge is -2.19. The van der Waals surface area contributed by atoms with Crippen molar-refractivity contribution in [2.45, 2.75) is 18.6 Å². The minimum atomic E-state index is -4.84. The van der Waals surface area contributed by atoms with E-state index < -0.39 is 34.9 Å². The molecule has 5 nitrogen and oxygen atoms in total. The van der Waals surface area contributed by atoms with Gasteiger partial charge in [-0.25, -0.2) is 9.97 Å². The Labute approximate surface area is 183 Å². The quantitative estimate of drug-likeness (QED) is 0.438. The van der Waals surface area contributed by atoms with Crippen LogP contribution >= 0.6 is 11.6 Å². The Kier molecular flexibility index (Phi) is 6.79. The van der Waals surface area contributed by atoms with E-state index in [1.165, 1.54) is 30.6 Å². The average molecular weight is 477 g/mol. The third kappa shape index (κ3) is 6.01. The van der Waals surface area contributed by atoms with Crippen LogP contribution in [0.5, 0.6) is 5.75 Å². The summed E-state index contributed by atoms with van der Waals surface area (Å²) in [4.78, 5) is 8.07. The molecule has 0 amide bonds. The normalized spacial score (nSPS) is 13.0. The summed E-state index contributed by atoms with van der Waals surface area (Å²) in [5.41, 5.74) is 5.80. The number of ether oxygens (including phenoxy) is 1. The minimum Gasteiger partial charge on any atom is -0.406 e. The summed E-state index contributed by atoms with van der Waals surface area (Å²) in [5.74, 6) is -0.151. The smallest absolute Gasteiger partial charge is 0.406 e. The second kappa shape index (κ2) is 9.21. The third-order valence-electron chi connectivity index (χ3n) is 4.29. The first-order valence-corrected chi connectivity index (χ1v) is 9.35. The fourth-order valence-electron chi connectivity index (χ4n) is 2.88. The first-order chi connectivity index (χ1) is 15.0. The summed E-state index contributed by atoms with van der Waals surface area (Å²) in [5, 5.41) is 2.49. The molecule has 170 valence electrons. The maximum absolute atomic E-state index is 12.9. The Morgan fingerprint density at radius 2 is 1.75 bits per heavy atom. The van der Waals surface area contributed by atoms with Gasteiger partial charge in [0.05, 0.1) is 22.3 Å². The number of hydrogen-bond acceptors (Lipinski definition) is 5. The van der Waals surface area contributed by atoms with Crippen LogP contribution in [0.25, 0.3) is 11.3 Å². The van der Waals surface area contributed by atoms with Gasteiger partial charge in [0.15, 0.2) is 0 Å². The Morgan fingerprint density at radius 3 is 2.38 bits per heavy atom. The lowest BCUT2D eigenvalue weighted by Crippen LogP contribution is -2.22. The molecular formula is C20H15ClF6N4O. The van der Waals surface area contributed by atoms with Crippen molar-refractivity contribution in [3.8, 4) is 17.0 Å². The van der Waals surface area contributed by atoms with Gasteiger partial charge in [-0.1, -0.05) is 29.8 Å². The van der Waals surface area contributed by atoms with Crippen LogP contribution in [-0.4, -0.2) is 22.9 Å². The molecule has 0 saturated heterocycles. The van der Waals surface area contributed by atoms with E-state index in [-0.39, 0.29) is 18.1 Å². The molecule has 1 atom stereocenters. The van der Waals surface area contributed by atoms with Gasteiger partial charge in [0, 0.05) is 18.2 Å². The van der Waals surface area contributed by atoms with Crippen LogP contribution in [0.1, 0.15) is 17.2 Å². The minimum absolute atomic E-state index is 0.000908. The number of nitrogens with two attached hydrogens (primary N) is 1. The van der Waals surface area contributed by atoms with Crippen LogP contribution in [-0.2, 0) is 6.18 Å². The predicted molar refractivity (Wildman–Crippen MR) is 106 cm³/mol. The van der Waals surface area contributed by atoms with Crippen molar-refractivity contribution < 1.29 is 31.1 Å². The number of anilines is 1. The third-order valence-corrected chi connectivity index (χ3v) is 4.60. The van der Waals surface area contributed by atoms with E-state index in [2.05, 4.69) is 20.0 Å². The predicted octanol–water partition coefficient (Wildman–Crippen LogP) is 5.83. The van der Waals surface area contributed by atoms with Gasteiger partial charge in [0.1, 0.15) is 17.9 Å². The van der Waals surface area contributed by atoms with E-state index >= 15 is 0 Å². The fourth-order valence-corrected chi connectivity index (χ4v) is 3.17. The number of aromatic nitrogens is 2. The molecule has 0 unspecified atom stereocenters. The number of nitrogens with zero attached hydrogens (tertiary/aromatic N) is 2. The van der Waals surface area contributed by atoms with E-state index in [4.69, 9.17) is 17.3 Å². The lowest BCUT2D eigenvalue weighted by molar-refractivity contribution is -0.274. The van der Waals surface area contributed by atoms with Gasteiger partial charge in [-0.2, -0.15) is 13.2 Å². The zero-order valence-electron chi connectivity index (χ0n) is 16.0. The summed E-state index contributed by atoms with van der Waals surface area (Å²) in [6.07, 6.45) is -8.25. The maximum atomic E-state index is 12.9. The molecule has 3 N–H and O–H groups in total. The zero-order valence-corrected chi connectivity index (χ0v) is 16.8. The largest absolute Gasteiger partial charge is 0.573 e. The Bertz CT molecular complexity index is 1090. The Hall–Kier alpha value is -3.05. The molecular weight excluding hydrogens is 462 g/mol. The van der Waals surface area contributed by atoms with E-state index in [9.17, 15) is 26.3 Å². The molecule has 1 aromatic heterocycles. The summed E-state index contributed by atoms with van der Waals surface area (Å²) >= 11 is 5.76. The highest BCUT2D eigenvalue weighted by atomic mass is 35.5. The molecule has 0 aliphatic carbocycles. The molecule has 0 saturated carbocycles. The van der Waals surface area contributed by atoms with Gasteiger partial charge < -0.3 is 15.8 Å². The van der Waals surface area contributed by atoms with Crippen LogP contribution < -0.4 is 15.8 Å². The Morgan fingerprint density at radius 1 is 1.00 bits per heavy atom. The molecule has 0 radical (unpaired) electrons. The number of rotatable bonds is 6. The van der Waals surface area contributed by atoms with Gasteiger partial charge in [0.25, 0.3) is 0 Å². The van der Waals surface area contributed by atoms with E-state index in [1.807, 2.05) is 0 Å². The summed E-state index contributed by atoms with van der Waals surface area (Å²) in [6.45, 7) is 0.000908. The van der Waals surface area contributed by atoms with Crippen molar-refractivity contribution in [2.75, 3.05) is 11.9 Å². The molecule has 0 fully saturated rings. The molecule has 0 spiro atoms. The SMILES string of the molecule is NC[C@H](Nc1cc(-c2ccc(C(F)(F)F)c(Cl)c2)ncn1)c1cccc(OC(F)(F)F)c1. The number of alkyl halides is 6. The van der Waals surface area contributed by atoms with E-state index in [0.29, 0.717) is 11.1 Å². The first kappa shape index (κ1) is 23.6. The number of benzene rings is 2. The van der Waals surface area contributed by atoms with E-state index in [1.54, 1.807) is 6.07 Å². The zero-order chi connectivity index (χ0) is 23.5. The highest BCUT2D eigenvalue weighted by Crippen LogP contribution is 2.36. The Balaban J connectivity index is 1.84. The first-order valence-electron chi connectivity index (χ1n) is 8.98. The van der Waals surface area contributed by atoms with Gasteiger partial charge in [-0.05, 0) is 29.8 Å². The molecule has 3 rings (SSSR count). The number of halogens is 7. The van der Waals surface area contributed by atoms with Crippen LogP contribution in [0, 0.1) is 0 Å². The fraction of sp³-hybridized carbons (Fsp3) is 0.200. The monoisotopic (exact) mass is 476 g/mol.